The third-order valence-corrected chi connectivity index (χ3v) is 9.07. The summed E-state index contributed by atoms with van der Waals surface area (Å²) in [6.45, 7) is 13.6. The topological polar surface area (TPSA) is 62.8 Å². The minimum atomic E-state index is 0.112. The van der Waals surface area contributed by atoms with Gasteiger partial charge in [-0.1, -0.05) is 32.9 Å². The lowest BCUT2D eigenvalue weighted by Crippen LogP contribution is -2.54. The van der Waals surface area contributed by atoms with Crippen molar-refractivity contribution >= 4 is 5.78 Å². The second kappa shape index (κ2) is 13.3. The Morgan fingerprint density at radius 2 is 1.71 bits per heavy atom. The Balaban J connectivity index is 1.11. The van der Waals surface area contributed by atoms with Gasteiger partial charge in [-0.2, -0.15) is 0 Å². The minimum absolute atomic E-state index is 0.112. The molecule has 1 atom stereocenters. The lowest BCUT2D eigenvalue weighted by Gasteiger charge is -2.43. The number of likely N-dealkylation sites (tertiary alicyclic amines) is 1. The molecule has 0 amide bonds. The van der Waals surface area contributed by atoms with Gasteiger partial charge in [-0.25, -0.2) is 0 Å². The number of benzene rings is 1. The zero-order valence-electron chi connectivity index (χ0n) is 24.8. The summed E-state index contributed by atoms with van der Waals surface area (Å²) >= 11 is 0. The summed E-state index contributed by atoms with van der Waals surface area (Å²) in [5, 5.41) is 7.24. The highest BCUT2D eigenvalue weighted by Gasteiger charge is 2.36. The van der Waals surface area contributed by atoms with E-state index in [1.165, 1.54) is 5.56 Å². The van der Waals surface area contributed by atoms with E-state index < -0.39 is 0 Å². The number of carbonyl (C=O) groups excluding carboxylic acids is 1. The largest absolute Gasteiger partial charge is 0.490 e. The number of hydrogen-bond acceptors (Lipinski definition) is 6. The molecule has 0 bridgehead atoms. The molecule has 3 fully saturated rings. The minimum Gasteiger partial charge on any atom is -0.490 e. The first kappa shape index (κ1) is 29.5. The fourth-order valence-corrected chi connectivity index (χ4v) is 6.03. The molecule has 2 saturated carbocycles. The maximum atomic E-state index is 12.0. The zero-order valence-corrected chi connectivity index (χ0v) is 24.8. The van der Waals surface area contributed by atoms with Gasteiger partial charge < -0.3 is 20.1 Å². The van der Waals surface area contributed by atoms with E-state index in [0.29, 0.717) is 48.6 Å². The average Bonchev–Trinajstić information content (AvgIpc) is 2.84. The molecular weight excluding hydrogens is 474 g/mol. The maximum absolute atomic E-state index is 12.0. The van der Waals surface area contributed by atoms with Crippen molar-refractivity contribution in [3.63, 3.8) is 0 Å². The zero-order chi connectivity index (χ0) is 27.3. The first-order chi connectivity index (χ1) is 18.1. The highest BCUT2D eigenvalue weighted by Crippen LogP contribution is 2.32. The van der Waals surface area contributed by atoms with Crippen LogP contribution in [0.15, 0.2) is 24.3 Å². The molecule has 6 heteroatoms. The van der Waals surface area contributed by atoms with E-state index in [1.54, 1.807) is 0 Å². The number of Topliss-reactive ketones (excluding diaryl/α,β-unsaturated/α-hetero) is 1. The van der Waals surface area contributed by atoms with E-state index in [2.05, 4.69) is 60.6 Å². The van der Waals surface area contributed by atoms with Crippen molar-refractivity contribution in [3.8, 4) is 5.75 Å². The molecule has 1 aromatic carbocycles. The van der Waals surface area contributed by atoms with Crippen LogP contribution in [0, 0.1) is 5.92 Å². The summed E-state index contributed by atoms with van der Waals surface area (Å²) < 4.78 is 12.6. The van der Waals surface area contributed by atoms with Crippen molar-refractivity contribution in [3.05, 3.63) is 29.8 Å². The van der Waals surface area contributed by atoms with Crippen LogP contribution in [-0.4, -0.2) is 73.3 Å². The van der Waals surface area contributed by atoms with Crippen LogP contribution in [0.25, 0.3) is 0 Å². The SMILES string of the molecule is CNC1CC(Oc2cccc(C(C)CCC(C)(C)NC3CC(OC4CCN(CC(=O)C(C)C)CC4)C3)c2)C1. The molecule has 6 nitrogen and oxygen atoms in total. The molecule has 4 rings (SSSR count). The van der Waals surface area contributed by atoms with Crippen LogP contribution in [0.3, 0.4) is 0 Å². The molecule has 2 aliphatic carbocycles. The van der Waals surface area contributed by atoms with Gasteiger partial charge in [0.15, 0.2) is 0 Å². The molecule has 38 heavy (non-hydrogen) atoms. The molecule has 0 aromatic heterocycles. The summed E-state index contributed by atoms with van der Waals surface area (Å²) in [7, 11) is 2.03. The van der Waals surface area contributed by atoms with Gasteiger partial charge in [0.05, 0.1) is 18.8 Å². The Labute approximate surface area is 231 Å². The summed E-state index contributed by atoms with van der Waals surface area (Å²) in [6, 6.07) is 9.89. The first-order valence-electron chi connectivity index (χ1n) is 15.2. The van der Waals surface area contributed by atoms with Gasteiger partial charge in [0.1, 0.15) is 17.6 Å². The summed E-state index contributed by atoms with van der Waals surface area (Å²) in [5.41, 5.74) is 1.49. The fraction of sp³-hybridized carbons (Fsp3) is 0.781. The van der Waals surface area contributed by atoms with Crippen LogP contribution >= 0.6 is 0 Å². The van der Waals surface area contributed by atoms with Gasteiger partial charge in [0, 0.05) is 36.6 Å². The lowest BCUT2D eigenvalue weighted by atomic mass is 9.84. The van der Waals surface area contributed by atoms with Crippen molar-refractivity contribution in [1.82, 2.24) is 15.5 Å². The van der Waals surface area contributed by atoms with Crippen molar-refractivity contribution < 1.29 is 14.3 Å². The second-order valence-electron chi connectivity index (χ2n) is 13.3. The van der Waals surface area contributed by atoms with Crippen LogP contribution in [0.5, 0.6) is 5.75 Å². The van der Waals surface area contributed by atoms with Crippen LogP contribution in [0.2, 0.25) is 0 Å². The smallest absolute Gasteiger partial charge is 0.149 e. The van der Waals surface area contributed by atoms with Crippen molar-refractivity contribution in [2.45, 2.75) is 128 Å². The van der Waals surface area contributed by atoms with Gasteiger partial charge in [0.2, 0.25) is 0 Å². The molecule has 2 N–H and O–H groups in total. The predicted molar refractivity (Wildman–Crippen MR) is 155 cm³/mol. The number of piperidine rings is 1. The first-order valence-corrected chi connectivity index (χ1v) is 15.2. The fourth-order valence-electron chi connectivity index (χ4n) is 6.03. The maximum Gasteiger partial charge on any atom is 0.149 e. The Morgan fingerprint density at radius 1 is 1.03 bits per heavy atom. The molecule has 1 unspecified atom stereocenters. The molecule has 1 aromatic rings. The number of ether oxygens (including phenoxy) is 2. The highest BCUT2D eigenvalue weighted by atomic mass is 16.5. The molecule has 0 spiro atoms. The number of nitrogens with zero attached hydrogens (tertiary/aromatic N) is 1. The van der Waals surface area contributed by atoms with Gasteiger partial charge in [-0.3, -0.25) is 9.69 Å². The lowest BCUT2D eigenvalue weighted by molar-refractivity contribution is -0.124. The molecule has 214 valence electrons. The number of ketones is 1. The number of nitrogens with one attached hydrogen (secondary N) is 2. The van der Waals surface area contributed by atoms with Gasteiger partial charge in [-0.15, -0.1) is 0 Å². The van der Waals surface area contributed by atoms with Crippen LogP contribution in [0.1, 0.15) is 97.5 Å². The van der Waals surface area contributed by atoms with E-state index in [4.69, 9.17) is 9.47 Å². The quantitative estimate of drug-likeness (QED) is 0.342. The molecule has 0 radical (unpaired) electrons. The van der Waals surface area contributed by atoms with Crippen LogP contribution in [0.4, 0.5) is 0 Å². The highest BCUT2D eigenvalue weighted by molar-refractivity contribution is 5.82. The van der Waals surface area contributed by atoms with Gasteiger partial charge in [0.25, 0.3) is 0 Å². The van der Waals surface area contributed by atoms with E-state index >= 15 is 0 Å². The van der Waals surface area contributed by atoms with E-state index in [0.717, 1.165) is 70.2 Å². The van der Waals surface area contributed by atoms with Gasteiger partial charge in [-0.05, 0) is 95.9 Å². The number of rotatable bonds is 14. The predicted octanol–water partition coefficient (Wildman–Crippen LogP) is 5.30. The number of hydrogen-bond donors (Lipinski definition) is 2. The normalized spacial score (nSPS) is 27.6. The van der Waals surface area contributed by atoms with Crippen molar-refractivity contribution in [2.24, 2.45) is 5.92 Å². The Morgan fingerprint density at radius 3 is 2.37 bits per heavy atom. The Hall–Kier alpha value is -1.47. The van der Waals surface area contributed by atoms with Crippen LogP contribution in [-0.2, 0) is 9.53 Å². The molecule has 1 aliphatic heterocycles. The summed E-state index contributed by atoms with van der Waals surface area (Å²) in [5.74, 6) is 2.00. The summed E-state index contributed by atoms with van der Waals surface area (Å²) in [4.78, 5) is 14.3. The number of carbonyl (C=O) groups is 1. The molecule has 1 heterocycles. The van der Waals surface area contributed by atoms with Crippen molar-refractivity contribution in [2.75, 3.05) is 26.7 Å². The Kier molecular flexibility index (Phi) is 10.3. The average molecular weight is 528 g/mol. The van der Waals surface area contributed by atoms with E-state index in [-0.39, 0.29) is 11.5 Å². The van der Waals surface area contributed by atoms with E-state index in [9.17, 15) is 4.79 Å². The van der Waals surface area contributed by atoms with Crippen LogP contribution < -0.4 is 15.4 Å². The second-order valence-corrected chi connectivity index (χ2v) is 13.3. The standard InChI is InChI=1S/C32H53N3O3/c1-22(2)31(36)21-35-14-11-27(12-15-35)37-30-19-26(20-30)34-32(4,5)13-10-23(3)24-8-7-9-28(16-24)38-29-17-25(18-29)33-6/h7-9,16,22-23,25-27,29-30,33-34H,10-15,17-21H2,1-6H3. The van der Waals surface area contributed by atoms with Crippen molar-refractivity contribution in [1.29, 1.82) is 0 Å². The van der Waals surface area contributed by atoms with E-state index in [1.807, 2.05) is 20.9 Å². The third-order valence-electron chi connectivity index (χ3n) is 9.07. The Bertz CT molecular complexity index is 884. The molecular formula is C32H53N3O3. The monoisotopic (exact) mass is 527 g/mol. The molecule has 3 aliphatic rings. The summed E-state index contributed by atoms with van der Waals surface area (Å²) in [6.07, 6.45) is 9.91. The molecule has 1 saturated heterocycles. The van der Waals surface area contributed by atoms with Gasteiger partial charge >= 0.3 is 0 Å². The third kappa shape index (κ3) is 8.51.